The van der Waals surface area contributed by atoms with Gasteiger partial charge in [0, 0.05) is 12.2 Å². The summed E-state index contributed by atoms with van der Waals surface area (Å²) in [4.78, 5) is 0. The first-order valence-corrected chi connectivity index (χ1v) is 6.44. The molecule has 0 unspecified atom stereocenters. The summed E-state index contributed by atoms with van der Waals surface area (Å²) in [6.45, 7) is 5.39. The summed E-state index contributed by atoms with van der Waals surface area (Å²) in [5.41, 5.74) is 4.00. The van der Waals surface area contributed by atoms with Crippen LogP contribution in [0.4, 0.5) is 5.69 Å². The average molecular weight is 209 g/mol. The molecule has 0 heterocycles. The molecule has 1 N–H and O–H groups in total. The van der Waals surface area contributed by atoms with Gasteiger partial charge in [-0.3, -0.25) is 0 Å². The van der Waals surface area contributed by atoms with Crippen LogP contribution in [-0.2, 0) is 0 Å². The molecule has 1 nitrogen and oxygen atoms in total. The number of para-hydroxylation sites is 1. The van der Waals surface area contributed by atoms with Crippen LogP contribution in [0.15, 0.2) is 18.2 Å². The van der Waals surface area contributed by atoms with Crippen LogP contribution in [0.25, 0.3) is 0 Å². The molecule has 0 bridgehead atoms. The zero-order valence-electron chi connectivity index (χ0n) is 9.26. The van der Waals surface area contributed by atoms with Crippen LogP contribution in [-0.4, -0.2) is 18.6 Å². The second kappa shape index (κ2) is 5.97. The van der Waals surface area contributed by atoms with Gasteiger partial charge in [-0.05, 0) is 43.4 Å². The van der Waals surface area contributed by atoms with E-state index in [4.69, 9.17) is 0 Å². The Labute approximate surface area is 91.3 Å². The molecule has 0 saturated heterocycles. The van der Waals surface area contributed by atoms with Crippen molar-refractivity contribution in [3.63, 3.8) is 0 Å². The van der Waals surface area contributed by atoms with Crippen molar-refractivity contribution in [1.82, 2.24) is 0 Å². The quantitative estimate of drug-likeness (QED) is 0.745. The Bertz CT molecular complexity index is 263. The van der Waals surface area contributed by atoms with Crippen molar-refractivity contribution in [1.29, 1.82) is 0 Å². The molecule has 1 aromatic carbocycles. The highest BCUT2D eigenvalue weighted by molar-refractivity contribution is 7.98. The van der Waals surface area contributed by atoms with Gasteiger partial charge in [-0.25, -0.2) is 0 Å². The minimum absolute atomic E-state index is 1.08. The van der Waals surface area contributed by atoms with Crippen LogP contribution < -0.4 is 5.32 Å². The summed E-state index contributed by atoms with van der Waals surface area (Å²) in [5, 5.41) is 3.50. The summed E-state index contributed by atoms with van der Waals surface area (Å²) in [7, 11) is 0. The van der Waals surface area contributed by atoms with Crippen molar-refractivity contribution >= 4 is 17.4 Å². The summed E-state index contributed by atoms with van der Waals surface area (Å²) in [6, 6.07) is 6.42. The van der Waals surface area contributed by atoms with E-state index in [0.29, 0.717) is 0 Å². The predicted octanol–water partition coefficient (Wildman–Crippen LogP) is 3.47. The minimum atomic E-state index is 1.08. The third-order valence-corrected chi connectivity index (χ3v) is 3.01. The van der Waals surface area contributed by atoms with Gasteiger partial charge in [-0.1, -0.05) is 18.2 Å². The molecule has 2 heteroatoms. The van der Waals surface area contributed by atoms with Crippen molar-refractivity contribution in [2.75, 3.05) is 23.9 Å². The van der Waals surface area contributed by atoms with Crippen molar-refractivity contribution in [2.24, 2.45) is 0 Å². The Balaban J connectivity index is 2.49. The van der Waals surface area contributed by atoms with E-state index < -0.39 is 0 Å². The van der Waals surface area contributed by atoms with Gasteiger partial charge in [0.05, 0.1) is 0 Å². The standard InChI is InChI=1S/C12H19NS/c1-10-6-4-7-11(2)12(10)13-8-5-9-14-3/h4,6-7,13H,5,8-9H2,1-3H3. The summed E-state index contributed by atoms with van der Waals surface area (Å²) < 4.78 is 0. The molecule has 1 aromatic rings. The number of thioether (sulfide) groups is 1. The lowest BCUT2D eigenvalue weighted by Gasteiger charge is -2.11. The van der Waals surface area contributed by atoms with Crippen LogP contribution in [0.1, 0.15) is 17.5 Å². The van der Waals surface area contributed by atoms with Gasteiger partial charge in [0.2, 0.25) is 0 Å². The maximum Gasteiger partial charge on any atom is 0.0399 e. The normalized spacial score (nSPS) is 10.2. The van der Waals surface area contributed by atoms with Gasteiger partial charge >= 0.3 is 0 Å². The van der Waals surface area contributed by atoms with Gasteiger partial charge in [0.15, 0.2) is 0 Å². The lowest BCUT2D eigenvalue weighted by Crippen LogP contribution is -2.05. The molecule has 78 valence electrons. The van der Waals surface area contributed by atoms with Crippen LogP contribution in [0.2, 0.25) is 0 Å². The largest absolute Gasteiger partial charge is 0.385 e. The molecule has 0 aliphatic heterocycles. The molecule has 0 radical (unpaired) electrons. The number of benzene rings is 1. The van der Waals surface area contributed by atoms with Gasteiger partial charge in [-0.2, -0.15) is 11.8 Å². The number of rotatable bonds is 5. The van der Waals surface area contributed by atoms with Gasteiger partial charge in [0.1, 0.15) is 0 Å². The average Bonchev–Trinajstić information content (AvgIpc) is 2.16. The summed E-state index contributed by atoms with van der Waals surface area (Å²) in [6.07, 6.45) is 3.38. The maximum atomic E-state index is 3.50. The topological polar surface area (TPSA) is 12.0 Å². The molecule has 0 aliphatic carbocycles. The first-order chi connectivity index (χ1) is 6.75. The van der Waals surface area contributed by atoms with E-state index in [-0.39, 0.29) is 0 Å². The number of hydrogen-bond donors (Lipinski definition) is 1. The molecule has 0 atom stereocenters. The van der Waals surface area contributed by atoms with Crippen molar-refractivity contribution < 1.29 is 0 Å². The Morgan fingerprint density at radius 2 is 1.86 bits per heavy atom. The zero-order valence-corrected chi connectivity index (χ0v) is 10.1. The van der Waals surface area contributed by atoms with E-state index in [1.54, 1.807) is 0 Å². The fraction of sp³-hybridized carbons (Fsp3) is 0.500. The predicted molar refractivity (Wildman–Crippen MR) is 67.4 cm³/mol. The third kappa shape index (κ3) is 3.26. The lowest BCUT2D eigenvalue weighted by molar-refractivity contribution is 0.988. The first-order valence-electron chi connectivity index (χ1n) is 5.04. The Kier molecular flexibility index (Phi) is 4.88. The molecule has 1 rings (SSSR count). The highest BCUT2D eigenvalue weighted by Gasteiger charge is 1.99. The lowest BCUT2D eigenvalue weighted by atomic mass is 10.1. The molecular formula is C12H19NS. The summed E-state index contributed by atoms with van der Waals surface area (Å²) >= 11 is 1.91. The number of nitrogens with one attached hydrogen (secondary N) is 1. The molecular weight excluding hydrogens is 190 g/mol. The molecule has 14 heavy (non-hydrogen) atoms. The SMILES string of the molecule is CSCCCNc1c(C)cccc1C. The Morgan fingerprint density at radius 3 is 2.43 bits per heavy atom. The van der Waals surface area contributed by atoms with E-state index in [9.17, 15) is 0 Å². The van der Waals surface area contributed by atoms with Crippen LogP contribution in [0, 0.1) is 13.8 Å². The second-order valence-electron chi connectivity index (χ2n) is 3.54. The molecule has 0 aromatic heterocycles. The van der Waals surface area contributed by atoms with E-state index in [1.807, 2.05) is 11.8 Å². The highest BCUT2D eigenvalue weighted by atomic mass is 32.2. The van der Waals surface area contributed by atoms with E-state index in [0.717, 1.165) is 6.54 Å². The highest BCUT2D eigenvalue weighted by Crippen LogP contribution is 2.19. The van der Waals surface area contributed by atoms with Crippen molar-refractivity contribution in [2.45, 2.75) is 20.3 Å². The Morgan fingerprint density at radius 1 is 1.21 bits per heavy atom. The first kappa shape index (κ1) is 11.4. The smallest absolute Gasteiger partial charge is 0.0399 e. The molecule has 0 aliphatic rings. The second-order valence-corrected chi connectivity index (χ2v) is 4.53. The minimum Gasteiger partial charge on any atom is -0.385 e. The Hall–Kier alpha value is -0.630. The van der Waals surface area contributed by atoms with Gasteiger partial charge in [0.25, 0.3) is 0 Å². The zero-order chi connectivity index (χ0) is 10.4. The maximum absolute atomic E-state index is 3.50. The monoisotopic (exact) mass is 209 g/mol. The fourth-order valence-corrected chi connectivity index (χ4v) is 1.96. The molecule has 0 spiro atoms. The van der Waals surface area contributed by atoms with Crippen LogP contribution in [0.5, 0.6) is 0 Å². The van der Waals surface area contributed by atoms with E-state index in [2.05, 4.69) is 43.6 Å². The molecule has 0 amide bonds. The molecule has 0 fully saturated rings. The summed E-state index contributed by atoms with van der Waals surface area (Å²) in [5.74, 6) is 1.23. The third-order valence-electron chi connectivity index (χ3n) is 2.31. The van der Waals surface area contributed by atoms with Gasteiger partial charge in [-0.15, -0.1) is 0 Å². The number of hydrogen-bond acceptors (Lipinski definition) is 2. The van der Waals surface area contributed by atoms with E-state index >= 15 is 0 Å². The van der Waals surface area contributed by atoms with Gasteiger partial charge < -0.3 is 5.32 Å². The van der Waals surface area contributed by atoms with Crippen molar-refractivity contribution in [3.8, 4) is 0 Å². The molecule has 0 saturated carbocycles. The number of aryl methyl sites for hydroxylation is 2. The van der Waals surface area contributed by atoms with E-state index in [1.165, 1.54) is 29.0 Å². The van der Waals surface area contributed by atoms with Crippen molar-refractivity contribution in [3.05, 3.63) is 29.3 Å². The fourth-order valence-electron chi connectivity index (χ4n) is 1.52. The van der Waals surface area contributed by atoms with Crippen LogP contribution >= 0.6 is 11.8 Å². The van der Waals surface area contributed by atoms with Crippen LogP contribution in [0.3, 0.4) is 0 Å². The number of anilines is 1.